The predicted molar refractivity (Wildman–Crippen MR) is 54.8 cm³/mol. The lowest BCUT2D eigenvalue weighted by Crippen LogP contribution is -2.37. The zero-order valence-electron chi connectivity index (χ0n) is 8.73. The maximum Gasteiger partial charge on any atom is 0.118 e. The summed E-state index contributed by atoms with van der Waals surface area (Å²) in [6.45, 7) is 3.32. The number of aliphatic hydroxyl groups excluding tert-OH is 1. The largest absolute Gasteiger partial charge is 0.465 e. The van der Waals surface area contributed by atoms with Crippen LogP contribution in [-0.2, 0) is 6.54 Å². The van der Waals surface area contributed by atoms with E-state index in [0.717, 1.165) is 18.1 Å². The number of nitrogens with two attached hydrogens (primary N) is 1. The normalized spacial score (nSPS) is 13.5. The first-order chi connectivity index (χ1) is 6.61. The number of aliphatic hydroxyl groups is 1. The zero-order valence-corrected chi connectivity index (χ0v) is 8.73. The second-order valence-corrected chi connectivity index (χ2v) is 3.65. The summed E-state index contributed by atoms with van der Waals surface area (Å²) in [7, 11) is 1.95. The van der Waals surface area contributed by atoms with E-state index in [1.54, 1.807) is 0 Å². The van der Waals surface area contributed by atoms with E-state index in [4.69, 9.17) is 15.3 Å². The van der Waals surface area contributed by atoms with Gasteiger partial charge in [0.2, 0.25) is 0 Å². The van der Waals surface area contributed by atoms with E-state index in [1.165, 1.54) is 0 Å². The highest BCUT2D eigenvalue weighted by Gasteiger charge is 2.07. The van der Waals surface area contributed by atoms with Crippen molar-refractivity contribution in [1.29, 1.82) is 0 Å². The van der Waals surface area contributed by atoms with Crippen molar-refractivity contribution in [2.75, 3.05) is 20.2 Å². The van der Waals surface area contributed by atoms with Gasteiger partial charge in [0.25, 0.3) is 0 Å². The molecule has 0 bridgehead atoms. The van der Waals surface area contributed by atoms with Gasteiger partial charge in [-0.3, -0.25) is 4.90 Å². The van der Waals surface area contributed by atoms with Crippen LogP contribution in [0, 0.1) is 6.92 Å². The maximum atomic E-state index is 8.78. The molecule has 1 heterocycles. The Hall–Kier alpha value is -0.840. The first kappa shape index (κ1) is 11.2. The molecule has 1 unspecified atom stereocenters. The highest BCUT2D eigenvalue weighted by molar-refractivity contribution is 5.05. The highest BCUT2D eigenvalue weighted by Crippen LogP contribution is 2.08. The third kappa shape index (κ3) is 3.49. The topological polar surface area (TPSA) is 62.6 Å². The van der Waals surface area contributed by atoms with Crippen LogP contribution in [0.1, 0.15) is 11.5 Å². The fourth-order valence-electron chi connectivity index (χ4n) is 1.36. The summed E-state index contributed by atoms with van der Waals surface area (Å²) < 4.78 is 5.42. The van der Waals surface area contributed by atoms with Crippen LogP contribution in [0.2, 0.25) is 0 Å². The molecule has 80 valence electrons. The maximum absolute atomic E-state index is 8.78. The number of aryl methyl sites for hydroxylation is 1. The number of nitrogens with zero attached hydrogens (tertiary/aromatic N) is 1. The van der Waals surface area contributed by atoms with Gasteiger partial charge in [-0.1, -0.05) is 0 Å². The van der Waals surface area contributed by atoms with Gasteiger partial charge in [-0.2, -0.15) is 0 Å². The van der Waals surface area contributed by atoms with Gasteiger partial charge in [0.1, 0.15) is 11.5 Å². The molecule has 4 heteroatoms. The second kappa shape index (κ2) is 5.14. The number of hydrogen-bond acceptors (Lipinski definition) is 4. The van der Waals surface area contributed by atoms with Gasteiger partial charge < -0.3 is 15.3 Å². The Morgan fingerprint density at radius 2 is 2.29 bits per heavy atom. The lowest BCUT2D eigenvalue weighted by Gasteiger charge is -2.18. The Kier molecular flexibility index (Phi) is 4.13. The van der Waals surface area contributed by atoms with Gasteiger partial charge in [0.05, 0.1) is 13.2 Å². The summed E-state index contributed by atoms with van der Waals surface area (Å²) in [6, 6.07) is 3.71. The number of hydrogen-bond donors (Lipinski definition) is 2. The number of furan rings is 1. The minimum atomic E-state index is -0.184. The van der Waals surface area contributed by atoms with Crippen molar-refractivity contribution in [3.63, 3.8) is 0 Å². The van der Waals surface area contributed by atoms with E-state index < -0.39 is 0 Å². The molecule has 0 saturated carbocycles. The molecule has 14 heavy (non-hydrogen) atoms. The quantitative estimate of drug-likeness (QED) is 0.716. The Morgan fingerprint density at radius 3 is 2.79 bits per heavy atom. The first-order valence-corrected chi connectivity index (χ1v) is 4.72. The average Bonchev–Trinajstić information content (AvgIpc) is 2.50. The van der Waals surface area contributed by atoms with Gasteiger partial charge in [-0.05, 0) is 26.1 Å². The number of likely N-dealkylation sites (N-methyl/N-ethyl adjacent to an activating group) is 1. The van der Waals surface area contributed by atoms with E-state index in [-0.39, 0.29) is 12.6 Å². The summed E-state index contributed by atoms with van der Waals surface area (Å²) in [6.07, 6.45) is 0. The summed E-state index contributed by atoms with van der Waals surface area (Å²) in [4.78, 5) is 2.03. The van der Waals surface area contributed by atoms with Gasteiger partial charge in [-0.25, -0.2) is 0 Å². The first-order valence-electron chi connectivity index (χ1n) is 4.72. The fraction of sp³-hybridized carbons (Fsp3) is 0.600. The van der Waals surface area contributed by atoms with Crippen LogP contribution >= 0.6 is 0 Å². The molecule has 0 fully saturated rings. The van der Waals surface area contributed by atoms with Crippen LogP contribution in [-0.4, -0.2) is 36.2 Å². The van der Waals surface area contributed by atoms with Crippen LogP contribution in [0.3, 0.4) is 0 Å². The van der Waals surface area contributed by atoms with E-state index in [2.05, 4.69) is 0 Å². The van der Waals surface area contributed by atoms with Crippen LogP contribution < -0.4 is 5.73 Å². The van der Waals surface area contributed by atoms with Crippen LogP contribution in [0.15, 0.2) is 16.5 Å². The van der Waals surface area contributed by atoms with Crippen molar-refractivity contribution in [3.05, 3.63) is 23.7 Å². The van der Waals surface area contributed by atoms with Gasteiger partial charge in [-0.15, -0.1) is 0 Å². The molecule has 0 spiro atoms. The minimum absolute atomic E-state index is 0.0154. The molecule has 0 radical (unpaired) electrons. The fourth-order valence-corrected chi connectivity index (χ4v) is 1.36. The summed E-state index contributed by atoms with van der Waals surface area (Å²) in [5.74, 6) is 1.84. The second-order valence-electron chi connectivity index (χ2n) is 3.65. The van der Waals surface area contributed by atoms with Crippen LogP contribution in [0.4, 0.5) is 0 Å². The Balaban J connectivity index is 2.37. The Morgan fingerprint density at radius 1 is 1.57 bits per heavy atom. The lowest BCUT2D eigenvalue weighted by atomic mass is 10.3. The SMILES string of the molecule is Cc1ccc(CN(C)CC(N)CO)o1. The molecule has 0 aliphatic heterocycles. The highest BCUT2D eigenvalue weighted by atomic mass is 16.3. The van der Waals surface area contributed by atoms with Crippen molar-refractivity contribution in [2.24, 2.45) is 5.73 Å². The van der Waals surface area contributed by atoms with Gasteiger partial charge in [0, 0.05) is 12.6 Å². The molecule has 1 rings (SSSR count). The minimum Gasteiger partial charge on any atom is -0.465 e. The zero-order chi connectivity index (χ0) is 10.6. The van der Waals surface area contributed by atoms with Crippen molar-refractivity contribution in [3.8, 4) is 0 Å². The Bertz CT molecular complexity index is 273. The monoisotopic (exact) mass is 198 g/mol. The molecule has 1 atom stereocenters. The molecule has 0 aliphatic carbocycles. The Labute approximate surface area is 84.3 Å². The number of rotatable bonds is 5. The third-order valence-corrected chi connectivity index (χ3v) is 2.00. The van der Waals surface area contributed by atoms with Crippen molar-refractivity contribution < 1.29 is 9.52 Å². The molecule has 0 saturated heterocycles. The lowest BCUT2D eigenvalue weighted by molar-refractivity contribution is 0.211. The molecule has 3 N–H and O–H groups in total. The van der Waals surface area contributed by atoms with Gasteiger partial charge in [0.15, 0.2) is 0 Å². The summed E-state index contributed by atoms with van der Waals surface area (Å²) in [5, 5.41) is 8.78. The van der Waals surface area contributed by atoms with Crippen LogP contribution in [0.25, 0.3) is 0 Å². The molecular formula is C10H18N2O2. The molecule has 0 aliphatic rings. The van der Waals surface area contributed by atoms with E-state index in [9.17, 15) is 0 Å². The van der Waals surface area contributed by atoms with E-state index in [0.29, 0.717) is 6.54 Å². The van der Waals surface area contributed by atoms with Crippen molar-refractivity contribution in [1.82, 2.24) is 4.90 Å². The molecule has 0 amide bonds. The molecule has 0 aromatic carbocycles. The molecular weight excluding hydrogens is 180 g/mol. The predicted octanol–water partition coefficient (Wildman–Crippen LogP) is 0.339. The van der Waals surface area contributed by atoms with Crippen molar-refractivity contribution >= 4 is 0 Å². The molecule has 1 aromatic rings. The van der Waals surface area contributed by atoms with E-state index >= 15 is 0 Å². The third-order valence-electron chi connectivity index (χ3n) is 2.00. The summed E-state index contributed by atoms with van der Waals surface area (Å²) in [5.41, 5.74) is 5.61. The van der Waals surface area contributed by atoms with Gasteiger partial charge >= 0.3 is 0 Å². The molecule has 4 nitrogen and oxygen atoms in total. The smallest absolute Gasteiger partial charge is 0.118 e. The van der Waals surface area contributed by atoms with E-state index in [1.807, 2.05) is 31.0 Å². The standard InChI is InChI=1S/C10H18N2O2/c1-8-3-4-10(14-8)6-12(2)5-9(11)7-13/h3-4,9,13H,5-7,11H2,1-2H3. The average molecular weight is 198 g/mol. The molecule has 1 aromatic heterocycles. The van der Waals surface area contributed by atoms with Crippen molar-refractivity contribution in [2.45, 2.75) is 19.5 Å². The van der Waals surface area contributed by atoms with Crippen LogP contribution in [0.5, 0.6) is 0 Å². The summed E-state index contributed by atoms with van der Waals surface area (Å²) >= 11 is 0.